The third-order valence-corrected chi connectivity index (χ3v) is 1.56. The fraction of sp³-hybridized carbons (Fsp3) is 0.857. The first kappa shape index (κ1) is 7.54. The van der Waals surface area contributed by atoms with Gasteiger partial charge < -0.3 is 10.1 Å². The summed E-state index contributed by atoms with van der Waals surface area (Å²) in [6.45, 7) is 2.60. The highest BCUT2D eigenvalue weighted by Crippen LogP contribution is 2.08. The van der Waals surface area contributed by atoms with Gasteiger partial charge >= 0.3 is 0 Å². The molecule has 0 saturated carbocycles. The van der Waals surface area contributed by atoms with E-state index in [1.54, 1.807) is 0 Å². The van der Waals surface area contributed by atoms with Crippen LogP contribution in [-0.2, 0) is 9.53 Å². The molecular weight excluding hydrogens is 130 g/mol. The predicted octanol–water partition coefficient (Wildman–Crippen LogP) is 0.649. The lowest BCUT2D eigenvalue weighted by atomic mass is 10.1. The van der Waals surface area contributed by atoms with Crippen LogP contribution >= 0.6 is 0 Å². The first-order chi connectivity index (χ1) is 4.83. The van der Waals surface area contributed by atoms with E-state index < -0.39 is 0 Å². The second-order valence-corrected chi connectivity index (χ2v) is 2.40. The quantitative estimate of drug-likeness (QED) is 0.616. The van der Waals surface area contributed by atoms with Crippen LogP contribution in [0.1, 0.15) is 26.2 Å². The van der Waals surface area contributed by atoms with Gasteiger partial charge in [0, 0.05) is 13.0 Å². The van der Waals surface area contributed by atoms with E-state index in [2.05, 4.69) is 5.32 Å². The largest absolute Gasteiger partial charge is 0.359 e. The Hall–Kier alpha value is -0.570. The number of piperidine rings is 1. The summed E-state index contributed by atoms with van der Waals surface area (Å²) in [5, 5.41) is 2.76. The average molecular weight is 143 g/mol. The van der Waals surface area contributed by atoms with Gasteiger partial charge in [0.1, 0.15) is 6.23 Å². The van der Waals surface area contributed by atoms with E-state index in [-0.39, 0.29) is 12.1 Å². The molecule has 1 amide bonds. The van der Waals surface area contributed by atoms with Gasteiger partial charge in [-0.1, -0.05) is 0 Å². The molecule has 0 radical (unpaired) electrons. The van der Waals surface area contributed by atoms with Crippen LogP contribution in [0.4, 0.5) is 0 Å². The highest BCUT2D eigenvalue weighted by atomic mass is 16.5. The zero-order valence-electron chi connectivity index (χ0n) is 6.22. The molecule has 58 valence electrons. The highest BCUT2D eigenvalue weighted by molar-refractivity contribution is 5.76. The second kappa shape index (κ2) is 3.56. The third kappa shape index (κ3) is 1.99. The van der Waals surface area contributed by atoms with Gasteiger partial charge in [-0.15, -0.1) is 0 Å². The maximum atomic E-state index is 10.8. The number of hydrogen-bond donors (Lipinski definition) is 1. The van der Waals surface area contributed by atoms with Crippen molar-refractivity contribution in [2.75, 3.05) is 6.61 Å². The van der Waals surface area contributed by atoms with E-state index in [0.717, 1.165) is 12.8 Å². The Labute approximate surface area is 60.7 Å². The molecule has 0 aromatic rings. The number of nitrogens with one attached hydrogen (secondary N) is 1. The monoisotopic (exact) mass is 143 g/mol. The first-order valence-electron chi connectivity index (χ1n) is 3.74. The number of rotatable bonds is 2. The molecule has 3 heteroatoms. The zero-order chi connectivity index (χ0) is 7.40. The topological polar surface area (TPSA) is 38.3 Å². The smallest absolute Gasteiger partial charge is 0.221 e. The van der Waals surface area contributed by atoms with Crippen LogP contribution in [0.25, 0.3) is 0 Å². The van der Waals surface area contributed by atoms with Gasteiger partial charge in [-0.2, -0.15) is 0 Å². The van der Waals surface area contributed by atoms with Crippen molar-refractivity contribution in [3.8, 4) is 0 Å². The number of carbonyl (C=O) groups excluding carboxylic acids is 1. The minimum absolute atomic E-state index is 0.0220. The Balaban J connectivity index is 2.25. The molecule has 0 spiro atoms. The Kier molecular flexibility index (Phi) is 2.68. The summed E-state index contributed by atoms with van der Waals surface area (Å²) in [7, 11) is 0. The molecule has 3 nitrogen and oxygen atoms in total. The molecule has 1 rings (SSSR count). The zero-order valence-corrected chi connectivity index (χ0v) is 6.22. The molecule has 1 heterocycles. The van der Waals surface area contributed by atoms with Gasteiger partial charge in [0.05, 0.1) is 0 Å². The molecule has 0 aromatic heterocycles. The molecule has 1 fully saturated rings. The molecule has 0 bridgehead atoms. The predicted molar refractivity (Wildman–Crippen MR) is 37.4 cm³/mol. The maximum absolute atomic E-state index is 10.8. The van der Waals surface area contributed by atoms with Crippen molar-refractivity contribution in [3.05, 3.63) is 0 Å². The summed E-state index contributed by atoms with van der Waals surface area (Å²) in [6.07, 6.45) is 2.55. The average Bonchev–Trinajstić information content (AvgIpc) is 1.88. The summed E-state index contributed by atoms with van der Waals surface area (Å²) >= 11 is 0. The van der Waals surface area contributed by atoms with Crippen molar-refractivity contribution in [1.82, 2.24) is 5.32 Å². The van der Waals surface area contributed by atoms with Crippen molar-refractivity contribution in [3.63, 3.8) is 0 Å². The Bertz CT molecular complexity index is 123. The van der Waals surface area contributed by atoms with E-state index in [0.29, 0.717) is 13.0 Å². The first-order valence-corrected chi connectivity index (χ1v) is 3.74. The van der Waals surface area contributed by atoms with Crippen molar-refractivity contribution in [2.45, 2.75) is 32.4 Å². The Morgan fingerprint density at radius 2 is 2.60 bits per heavy atom. The van der Waals surface area contributed by atoms with E-state index in [1.165, 1.54) is 0 Å². The molecular formula is C7H13NO2. The van der Waals surface area contributed by atoms with Crippen molar-refractivity contribution in [1.29, 1.82) is 0 Å². The minimum atomic E-state index is -0.0220. The lowest BCUT2D eigenvalue weighted by Crippen LogP contribution is -2.40. The molecule has 0 aliphatic carbocycles. The molecule has 10 heavy (non-hydrogen) atoms. The van der Waals surface area contributed by atoms with Gasteiger partial charge in [-0.05, 0) is 19.8 Å². The lowest BCUT2D eigenvalue weighted by molar-refractivity contribution is -0.128. The van der Waals surface area contributed by atoms with Crippen LogP contribution in [0.5, 0.6) is 0 Å². The van der Waals surface area contributed by atoms with Gasteiger partial charge in [-0.3, -0.25) is 4.79 Å². The lowest BCUT2D eigenvalue weighted by Gasteiger charge is -2.22. The van der Waals surface area contributed by atoms with Gasteiger partial charge in [0.15, 0.2) is 0 Å². The van der Waals surface area contributed by atoms with Gasteiger partial charge in [0.25, 0.3) is 0 Å². The van der Waals surface area contributed by atoms with Crippen molar-refractivity contribution < 1.29 is 9.53 Å². The minimum Gasteiger partial charge on any atom is -0.359 e. The van der Waals surface area contributed by atoms with Crippen LogP contribution < -0.4 is 5.32 Å². The van der Waals surface area contributed by atoms with Crippen molar-refractivity contribution in [2.24, 2.45) is 0 Å². The fourth-order valence-corrected chi connectivity index (χ4v) is 1.10. The maximum Gasteiger partial charge on any atom is 0.221 e. The fourth-order valence-electron chi connectivity index (χ4n) is 1.10. The summed E-state index contributed by atoms with van der Waals surface area (Å²) in [5.74, 6) is 0.115. The summed E-state index contributed by atoms with van der Waals surface area (Å²) < 4.78 is 5.22. The molecule has 1 aliphatic heterocycles. The van der Waals surface area contributed by atoms with Crippen LogP contribution in [0.2, 0.25) is 0 Å². The van der Waals surface area contributed by atoms with Gasteiger partial charge in [-0.25, -0.2) is 0 Å². The normalized spacial score (nSPS) is 26.1. The number of carbonyl (C=O) groups is 1. The summed E-state index contributed by atoms with van der Waals surface area (Å²) in [5.41, 5.74) is 0. The standard InChI is InChI=1S/C7H13NO2/c1-2-10-7-5-3-4-6(9)8-7/h7H,2-5H2,1H3,(H,8,9). The van der Waals surface area contributed by atoms with E-state index >= 15 is 0 Å². The van der Waals surface area contributed by atoms with E-state index in [9.17, 15) is 4.79 Å². The van der Waals surface area contributed by atoms with Crippen LogP contribution in [0, 0.1) is 0 Å². The van der Waals surface area contributed by atoms with E-state index in [4.69, 9.17) is 4.74 Å². The Morgan fingerprint density at radius 3 is 3.20 bits per heavy atom. The van der Waals surface area contributed by atoms with Crippen LogP contribution in [0.15, 0.2) is 0 Å². The number of hydrogen-bond acceptors (Lipinski definition) is 2. The van der Waals surface area contributed by atoms with Gasteiger partial charge in [0.2, 0.25) is 5.91 Å². The number of amides is 1. The molecule has 1 saturated heterocycles. The summed E-state index contributed by atoms with van der Waals surface area (Å²) in [6, 6.07) is 0. The third-order valence-electron chi connectivity index (χ3n) is 1.56. The molecule has 1 aliphatic rings. The van der Waals surface area contributed by atoms with Crippen molar-refractivity contribution >= 4 is 5.91 Å². The van der Waals surface area contributed by atoms with Crippen LogP contribution in [0.3, 0.4) is 0 Å². The molecule has 1 N–H and O–H groups in total. The highest BCUT2D eigenvalue weighted by Gasteiger charge is 2.16. The molecule has 1 unspecified atom stereocenters. The van der Waals surface area contributed by atoms with E-state index in [1.807, 2.05) is 6.92 Å². The van der Waals surface area contributed by atoms with Crippen LogP contribution in [-0.4, -0.2) is 18.7 Å². The second-order valence-electron chi connectivity index (χ2n) is 2.40. The molecule has 0 aromatic carbocycles. The molecule has 1 atom stereocenters. The number of ether oxygens (including phenoxy) is 1. The Morgan fingerprint density at radius 1 is 1.80 bits per heavy atom. The summed E-state index contributed by atoms with van der Waals surface area (Å²) in [4.78, 5) is 10.8. The SMILES string of the molecule is CCOC1CCCC(=O)N1.